The number of hydrogen-bond acceptors (Lipinski definition) is 6. The van der Waals surface area contributed by atoms with E-state index < -0.39 is 17.3 Å². The molecule has 2 aliphatic rings. The number of aliphatic hydroxyl groups excluding tert-OH is 1. The molecule has 2 aliphatic heterocycles. The highest BCUT2D eigenvalue weighted by Crippen LogP contribution is 2.39. The summed E-state index contributed by atoms with van der Waals surface area (Å²) >= 11 is 0. The standard InChI is InChI=1S/C15H21N3O5/c1-14(22)4-7-23-15(13(14)21)2-5-18(6-3-15)12(20)10-8-17-11(19)9-16-10/h8-9,13,21-22H,2-7H2,1H3,(H,17,19)/t13-,14+/m0/s1. The Balaban J connectivity index is 1.69. The Morgan fingerprint density at radius 1 is 1.43 bits per heavy atom. The average molecular weight is 323 g/mol. The summed E-state index contributed by atoms with van der Waals surface area (Å²) < 4.78 is 5.79. The molecule has 0 unspecified atom stereocenters. The monoisotopic (exact) mass is 323 g/mol. The van der Waals surface area contributed by atoms with Gasteiger partial charge in [-0.05, 0) is 19.8 Å². The Labute approximate surface area is 133 Å². The van der Waals surface area contributed by atoms with E-state index in [1.54, 1.807) is 11.8 Å². The molecule has 0 aromatic carbocycles. The second-order valence-electron chi connectivity index (χ2n) is 6.51. The summed E-state index contributed by atoms with van der Waals surface area (Å²) in [5.74, 6) is -0.270. The molecule has 1 aromatic heterocycles. The molecule has 3 rings (SSSR count). The van der Waals surface area contributed by atoms with Crippen LogP contribution in [-0.4, -0.2) is 68.0 Å². The minimum Gasteiger partial charge on any atom is -0.387 e. The maximum Gasteiger partial charge on any atom is 0.273 e. The van der Waals surface area contributed by atoms with E-state index >= 15 is 0 Å². The van der Waals surface area contributed by atoms with Crippen LogP contribution in [0.25, 0.3) is 0 Å². The Morgan fingerprint density at radius 3 is 2.74 bits per heavy atom. The quantitative estimate of drug-likeness (QED) is 0.628. The molecular formula is C15H21N3O5. The van der Waals surface area contributed by atoms with E-state index in [0.29, 0.717) is 39.0 Å². The van der Waals surface area contributed by atoms with Crippen LogP contribution in [0.4, 0.5) is 0 Å². The first-order valence-corrected chi connectivity index (χ1v) is 7.72. The van der Waals surface area contributed by atoms with Crippen LogP contribution in [0.3, 0.4) is 0 Å². The van der Waals surface area contributed by atoms with Crippen LogP contribution in [0, 0.1) is 0 Å². The molecule has 0 aliphatic carbocycles. The Morgan fingerprint density at radius 2 is 2.13 bits per heavy atom. The summed E-state index contributed by atoms with van der Waals surface area (Å²) in [5, 5.41) is 20.7. The van der Waals surface area contributed by atoms with Gasteiger partial charge >= 0.3 is 0 Å². The first-order valence-electron chi connectivity index (χ1n) is 7.72. The molecule has 2 saturated heterocycles. The molecular weight excluding hydrogens is 302 g/mol. The molecule has 2 fully saturated rings. The topological polar surface area (TPSA) is 116 Å². The molecule has 1 aromatic rings. The van der Waals surface area contributed by atoms with Gasteiger partial charge in [0.15, 0.2) is 0 Å². The van der Waals surface area contributed by atoms with Gasteiger partial charge in [-0.2, -0.15) is 0 Å². The highest BCUT2D eigenvalue weighted by Gasteiger charge is 2.52. The Kier molecular flexibility index (Phi) is 3.99. The van der Waals surface area contributed by atoms with Crippen molar-refractivity contribution in [1.82, 2.24) is 14.9 Å². The third-order valence-electron chi connectivity index (χ3n) is 4.87. The summed E-state index contributed by atoms with van der Waals surface area (Å²) in [5.41, 5.74) is -2.17. The largest absolute Gasteiger partial charge is 0.387 e. The van der Waals surface area contributed by atoms with Crippen molar-refractivity contribution in [3.8, 4) is 0 Å². The summed E-state index contributed by atoms with van der Waals surface area (Å²) in [6.45, 7) is 2.79. The lowest BCUT2D eigenvalue weighted by molar-refractivity contribution is -0.244. The molecule has 8 nitrogen and oxygen atoms in total. The smallest absolute Gasteiger partial charge is 0.273 e. The van der Waals surface area contributed by atoms with E-state index in [1.165, 1.54) is 6.20 Å². The number of carbonyl (C=O) groups excluding carboxylic acids is 1. The van der Waals surface area contributed by atoms with Crippen LogP contribution in [0.5, 0.6) is 0 Å². The van der Waals surface area contributed by atoms with E-state index in [2.05, 4.69) is 9.97 Å². The number of aromatic nitrogens is 2. The number of rotatable bonds is 1. The number of aromatic amines is 1. The number of H-pyrrole nitrogens is 1. The molecule has 126 valence electrons. The number of nitrogens with zero attached hydrogens (tertiary/aromatic N) is 2. The number of aliphatic hydroxyl groups is 2. The van der Waals surface area contributed by atoms with Gasteiger partial charge in [0.1, 0.15) is 17.4 Å². The lowest BCUT2D eigenvalue weighted by Crippen LogP contribution is -2.64. The number of carbonyl (C=O) groups is 1. The van der Waals surface area contributed by atoms with Crippen LogP contribution >= 0.6 is 0 Å². The van der Waals surface area contributed by atoms with Gasteiger partial charge in [-0.15, -0.1) is 0 Å². The van der Waals surface area contributed by atoms with Gasteiger partial charge in [0.2, 0.25) is 0 Å². The van der Waals surface area contributed by atoms with E-state index in [0.717, 1.165) is 6.20 Å². The zero-order valence-electron chi connectivity index (χ0n) is 13.0. The zero-order valence-corrected chi connectivity index (χ0v) is 13.0. The normalized spacial score (nSPS) is 30.4. The second-order valence-corrected chi connectivity index (χ2v) is 6.51. The van der Waals surface area contributed by atoms with E-state index in [9.17, 15) is 19.8 Å². The van der Waals surface area contributed by atoms with Crippen molar-refractivity contribution in [2.45, 2.75) is 43.5 Å². The molecule has 1 spiro atoms. The van der Waals surface area contributed by atoms with Crippen molar-refractivity contribution >= 4 is 5.91 Å². The van der Waals surface area contributed by atoms with Crippen LogP contribution < -0.4 is 5.56 Å². The van der Waals surface area contributed by atoms with Gasteiger partial charge in [0, 0.05) is 25.7 Å². The fourth-order valence-corrected chi connectivity index (χ4v) is 3.37. The van der Waals surface area contributed by atoms with Gasteiger partial charge in [-0.3, -0.25) is 9.59 Å². The predicted octanol–water partition coefficient (Wildman–Crippen LogP) is -0.723. The first kappa shape index (κ1) is 16.1. The molecule has 3 heterocycles. The Hall–Kier alpha value is -1.77. The van der Waals surface area contributed by atoms with Gasteiger partial charge in [-0.1, -0.05) is 0 Å². The highest BCUT2D eigenvalue weighted by atomic mass is 16.5. The lowest BCUT2D eigenvalue weighted by atomic mass is 9.75. The van der Waals surface area contributed by atoms with Crippen LogP contribution in [0.2, 0.25) is 0 Å². The summed E-state index contributed by atoms with van der Waals surface area (Å²) in [6, 6.07) is 0. The molecule has 0 saturated carbocycles. The molecule has 3 N–H and O–H groups in total. The van der Waals surface area contributed by atoms with Crippen molar-refractivity contribution < 1.29 is 19.7 Å². The highest BCUT2D eigenvalue weighted by molar-refractivity contribution is 5.92. The van der Waals surface area contributed by atoms with E-state index in [1.807, 2.05) is 0 Å². The predicted molar refractivity (Wildman–Crippen MR) is 79.9 cm³/mol. The molecule has 23 heavy (non-hydrogen) atoms. The van der Waals surface area contributed by atoms with E-state index in [4.69, 9.17) is 4.74 Å². The lowest BCUT2D eigenvalue weighted by Gasteiger charge is -2.51. The SMILES string of the molecule is C[C@@]1(O)CCOC2(CCN(C(=O)c3c[nH]c(=O)cn3)CC2)[C@H]1O. The van der Waals surface area contributed by atoms with Crippen LogP contribution in [0.15, 0.2) is 17.2 Å². The molecule has 2 atom stereocenters. The van der Waals surface area contributed by atoms with Crippen molar-refractivity contribution in [2.75, 3.05) is 19.7 Å². The number of nitrogens with one attached hydrogen (secondary N) is 1. The molecule has 1 amide bonds. The molecule has 8 heteroatoms. The van der Waals surface area contributed by atoms with Crippen LogP contribution in [0.1, 0.15) is 36.7 Å². The van der Waals surface area contributed by atoms with E-state index in [-0.39, 0.29) is 17.2 Å². The minimum absolute atomic E-state index is 0.178. The fourth-order valence-electron chi connectivity index (χ4n) is 3.37. The average Bonchev–Trinajstić information content (AvgIpc) is 2.53. The number of amides is 1. The van der Waals surface area contributed by atoms with Crippen molar-refractivity contribution in [3.05, 3.63) is 28.4 Å². The third kappa shape index (κ3) is 2.89. The maximum atomic E-state index is 12.4. The van der Waals surface area contributed by atoms with Crippen molar-refractivity contribution in [1.29, 1.82) is 0 Å². The third-order valence-corrected chi connectivity index (χ3v) is 4.87. The number of ether oxygens (including phenoxy) is 1. The molecule has 0 radical (unpaired) electrons. The zero-order chi connectivity index (χ0) is 16.7. The van der Waals surface area contributed by atoms with Crippen molar-refractivity contribution in [2.24, 2.45) is 0 Å². The fraction of sp³-hybridized carbons (Fsp3) is 0.667. The van der Waals surface area contributed by atoms with Gasteiger partial charge in [-0.25, -0.2) is 4.98 Å². The second kappa shape index (κ2) is 5.70. The number of likely N-dealkylation sites (tertiary alicyclic amines) is 1. The summed E-state index contributed by atoms with van der Waals surface area (Å²) in [6.07, 6.45) is 2.67. The summed E-state index contributed by atoms with van der Waals surface area (Å²) in [4.78, 5) is 31.3. The van der Waals surface area contributed by atoms with Crippen LogP contribution in [-0.2, 0) is 4.74 Å². The number of hydrogen-bond donors (Lipinski definition) is 3. The number of piperidine rings is 1. The van der Waals surface area contributed by atoms with Gasteiger partial charge < -0.3 is 24.8 Å². The Bertz CT molecular complexity index is 628. The summed E-state index contributed by atoms with van der Waals surface area (Å²) in [7, 11) is 0. The van der Waals surface area contributed by atoms with Gasteiger partial charge in [0.05, 0.1) is 18.4 Å². The molecule has 0 bridgehead atoms. The minimum atomic E-state index is -1.18. The first-order chi connectivity index (χ1) is 10.8. The maximum absolute atomic E-state index is 12.4. The van der Waals surface area contributed by atoms with Crippen molar-refractivity contribution in [3.63, 3.8) is 0 Å². The van der Waals surface area contributed by atoms with Gasteiger partial charge in [0.25, 0.3) is 11.5 Å².